The van der Waals surface area contributed by atoms with Crippen molar-refractivity contribution in [3.05, 3.63) is 60.2 Å². The molecule has 2 aromatic rings. The van der Waals surface area contributed by atoms with Gasteiger partial charge in [-0.25, -0.2) is 4.39 Å². The van der Waals surface area contributed by atoms with Crippen LogP contribution in [0.5, 0.6) is 0 Å². The Kier molecular flexibility index (Phi) is 5.20. The van der Waals surface area contributed by atoms with Crippen LogP contribution in [0.2, 0.25) is 0 Å². The molecule has 1 aliphatic heterocycles. The lowest BCUT2D eigenvalue weighted by atomic mass is 9.57. The second-order valence-corrected chi connectivity index (χ2v) is 9.19. The summed E-state index contributed by atoms with van der Waals surface area (Å²) < 4.78 is 19.1. The number of cyclic esters (lactones) is 1. The SMILES string of the molecule is C[C@H]1OC(=O)[C@@H]2C[C@@H]3CC(=O)CCC3[C@H](/C=C/c3ccc(-c4cccc(F)c4)cn3)[C@H]12. The van der Waals surface area contributed by atoms with Crippen LogP contribution in [0.25, 0.3) is 17.2 Å². The van der Waals surface area contributed by atoms with Gasteiger partial charge in [0.2, 0.25) is 0 Å². The quantitative estimate of drug-likeness (QED) is 0.651. The predicted octanol–water partition coefficient (Wildman–Crippen LogP) is 5.08. The molecule has 5 rings (SSSR count). The monoisotopic (exact) mass is 419 g/mol. The third-order valence-electron chi connectivity index (χ3n) is 7.39. The second kappa shape index (κ2) is 8.03. The van der Waals surface area contributed by atoms with E-state index in [-0.39, 0.29) is 41.6 Å². The molecule has 3 aliphatic rings. The van der Waals surface area contributed by atoms with Crippen LogP contribution >= 0.6 is 0 Å². The zero-order chi connectivity index (χ0) is 21.5. The molecule has 2 saturated carbocycles. The van der Waals surface area contributed by atoms with Gasteiger partial charge >= 0.3 is 5.97 Å². The molecule has 5 heteroatoms. The molecular formula is C26H26FNO3. The highest BCUT2D eigenvalue weighted by molar-refractivity contribution is 5.80. The van der Waals surface area contributed by atoms with E-state index in [9.17, 15) is 14.0 Å². The van der Waals surface area contributed by atoms with Crippen LogP contribution < -0.4 is 0 Å². The van der Waals surface area contributed by atoms with Crippen LogP contribution in [0, 0.1) is 35.4 Å². The maximum Gasteiger partial charge on any atom is 0.309 e. The number of benzene rings is 1. The number of pyridine rings is 1. The molecule has 160 valence electrons. The van der Waals surface area contributed by atoms with E-state index in [0.29, 0.717) is 24.5 Å². The summed E-state index contributed by atoms with van der Waals surface area (Å²) >= 11 is 0. The number of carbonyl (C=O) groups excluding carboxylic acids is 2. The molecule has 0 bridgehead atoms. The summed E-state index contributed by atoms with van der Waals surface area (Å²) in [5.74, 6) is 0.850. The van der Waals surface area contributed by atoms with Crippen LogP contribution in [0.1, 0.15) is 38.3 Å². The summed E-state index contributed by atoms with van der Waals surface area (Å²) in [6, 6.07) is 10.3. The highest BCUT2D eigenvalue weighted by Gasteiger charge is 2.54. The zero-order valence-electron chi connectivity index (χ0n) is 17.5. The minimum atomic E-state index is -0.267. The highest BCUT2D eigenvalue weighted by Crippen LogP contribution is 2.53. The molecule has 2 heterocycles. The average molecular weight is 419 g/mol. The first-order chi connectivity index (χ1) is 15.0. The molecule has 31 heavy (non-hydrogen) atoms. The first-order valence-corrected chi connectivity index (χ1v) is 11.1. The number of fused-ring (bicyclic) bond motifs is 2. The number of nitrogens with zero attached hydrogens (tertiary/aromatic N) is 1. The number of hydrogen-bond acceptors (Lipinski definition) is 4. The number of rotatable bonds is 3. The molecule has 4 nitrogen and oxygen atoms in total. The van der Waals surface area contributed by atoms with E-state index < -0.39 is 0 Å². The fourth-order valence-corrected chi connectivity index (χ4v) is 5.98. The van der Waals surface area contributed by atoms with E-state index in [1.165, 1.54) is 12.1 Å². The van der Waals surface area contributed by atoms with Gasteiger partial charge in [-0.1, -0.05) is 24.3 Å². The van der Waals surface area contributed by atoms with Gasteiger partial charge in [0, 0.05) is 30.5 Å². The fraction of sp³-hybridized carbons (Fsp3) is 0.423. The minimum Gasteiger partial charge on any atom is -0.462 e. The molecular weight excluding hydrogens is 393 g/mol. The van der Waals surface area contributed by atoms with Crippen LogP contribution in [0.4, 0.5) is 4.39 Å². The third-order valence-corrected chi connectivity index (χ3v) is 7.39. The molecule has 1 aromatic heterocycles. The van der Waals surface area contributed by atoms with Gasteiger partial charge in [-0.3, -0.25) is 14.6 Å². The van der Waals surface area contributed by atoms with Crippen LogP contribution in [0.15, 0.2) is 48.7 Å². The van der Waals surface area contributed by atoms with Crippen LogP contribution in [-0.2, 0) is 14.3 Å². The molecule has 3 fully saturated rings. The lowest BCUT2D eigenvalue weighted by molar-refractivity contribution is -0.144. The van der Waals surface area contributed by atoms with Gasteiger partial charge in [0.25, 0.3) is 0 Å². The molecule has 0 amide bonds. The Hall–Kier alpha value is -2.82. The second-order valence-electron chi connectivity index (χ2n) is 9.19. The highest BCUT2D eigenvalue weighted by atomic mass is 19.1. The molecule has 0 N–H and O–H groups in total. The van der Waals surface area contributed by atoms with Crippen molar-refractivity contribution in [1.29, 1.82) is 0 Å². The first kappa shape index (κ1) is 20.1. The number of allylic oxidation sites excluding steroid dienone is 1. The fourth-order valence-electron chi connectivity index (χ4n) is 5.98. The van der Waals surface area contributed by atoms with E-state index in [2.05, 4.69) is 11.1 Å². The van der Waals surface area contributed by atoms with Crippen molar-refractivity contribution in [1.82, 2.24) is 4.98 Å². The first-order valence-electron chi connectivity index (χ1n) is 11.1. The Morgan fingerprint density at radius 2 is 2.03 bits per heavy atom. The van der Waals surface area contributed by atoms with Crippen molar-refractivity contribution in [2.75, 3.05) is 0 Å². The lowest BCUT2D eigenvalue weighted by Crippen LogP contribution is -2.44. The maximum atomic E-state index is 13.5. The van der Waals surface area contributed by atoms with E-state index in [1.54, 1.807) is 12.3 Å². The number of halogens is 1. The lowest BCUT2D eigenvalue weighted by Gasteiger charge is -2.45. The third kappa shape index (κ3) is 3.82. The summed E-state index contributed by atoms with van der Waals surface area (Å²) in [6.07, 6.45) is 8.73. The zero-order valence-corrected chi connectivity index (χ0v) is 17.5. The number of ketones is 1. The summed E-state index contributed by atoms with van der Waals surface area (Å²) in [5, 5.41) is 0. The number of Topliss-reactive ketones (excluding diaryl/α,β-unsaturated/α-hetero) is 1. The molecule has 1 aromatic carbocycles. The maximum absolute atomic E-state index is 13.5. The predicted molar refractivity (Wildman–Crippen MR) is 115 cm³/mol. The number of hydrogen-bond donors (Lipinski definition) is 0. The Morgan fingerprint density at radius 3 is 2.81 bits per heavy atom. The van der Waals surface area contributed by atoms with Crippen molar-refractivity contribution in [2.24, 2.45) is 29.6 Å². The average Bonchev–Trinajstić information content (AvgIpc) is 3.04. The van der Waals surface area contributed by atoms with Gasteiger partial charge in [0.05, 0.1) is 11.6 Å². The van der Waals surface area contributed by atoms with E-state index in [4.69, 9.17) is 4.74 Å². The standard InChI is InChI=1S/C26H26FNO3/c1-15-25-23(22-10-8-21(29)12-18(22)13-24(25)26(30)31-15)9-7-20-6-5-17(14-28-20)16-3-2-4-19(27)11-16/h2-7,9,11,14-15,18,22-25H,8,10,12-13H2,1H3/b9-7+/t15-,18+,22?,23+,24-,25+/m1/s1. The summed E-state index contributed by atoms with van der Waals surface area (Å²) in [6.45, 7) is 1.99. The van der Waals surface area contributed by atoms with Crippen molar-refractivity contribution in [3.8, 4) is 11.1 Å². The minimum absolute atomic E-state index is 0.103. The number of aromatic nitrogens is 1. The summed E-state index contributed by atoms with van der Waals surface area (Å²) in [4.78, 5) is 29.0. The van der Waals surface area contributed by atoms with Crippen LogP contribution in [0.3, 0.4) is 0 Å². The Balaban J connectivity index is 1.40. The van der Waals surface area contributed by atoms with Crippen molar-refractivity contribution >= 4 is 17.8 Å². The molecule has 1 unspecified atom stereocenters. The largest absolute Gasteiger partial charge is 0.462 e. The molecule has 0 spiro atoms. The number of carbonyl (C=O) groups is 2. The van der Waals surface area contributed by atoms with Crippen molar-refractivity contribution in [3.63, 3.8) is 0 Å². The molecule has 1 saturated heterocycles. The van der Waals surface area contributed by atoms with Crippen molar-refractivity contribution in [2.45, 2.75) is 38.7 Å². The van der Waals surface area contributed by atoms with Gasteiger partial charge in [-0.05, 0) is 67.4 Å². The number of esters is 1. The van der Waals surface area contributed by atoms with Gasteiger partial charge in [-0.2, -0.15) is 0 Å². The van der Waals surface area contributed by atoms with E-state index >= 15 is 0 Å². The van der Waals surface area contributed by atoms with E-state index in [0.717, 1.165) is 29.7 Å². The molecule has 2 aliphatic carbocycles. The Morgan fingerprint density at radius 1 is 1.16 bits per heavy atom. The van der Waals surface area contributed by atoms with Gasteiger partial charge in [0.15, 0.2) is 0 Å². The van der Waals surface area contributed by atoms with Gasteiger partial charge in [-0.15, -0.1) is 0 Å². The molecule has 6 atom stereocenters. The number of ether oxygens (including phenoxy) is 1. The van der Waals surface area contributed by atoms with Gasteiger partial charge < -0.3 is 4.74 Å². The Labute approximate surface area is 181 Å². The van der Waals surface area contributed by atoms with Crippen LogP contribution in [-0.4, -0.2) is 22.8 Å². The normalized spacial score (nSPS) is 32.6. The van der Waals surface area contributed by atoms with Gasteiger partial charge in [0.1, 0.15) is 17.7 Å². The van der Waals surface area contributed by atoms with Crippen molar-refractivity contribution < 1.29 is 18.7 Å². The smallest absolute Gasteiger partial charge is 0.309 e. The summed E-state index contributed by atoms with van der Waals surface area (Å²) in [7, 11) is 0. The van der Waals surface area contributed by atoms with E-state index in [1.807, 2.05) is 31.2 Å². The molecule has 0 radical (unpaired) electrons. The Bertz CT molecular complexity index is 1030. The topological polar surface area (TPSA) is 56.3 Å². The summed E-state index contributed by atoms with van der Waals surface area (Å²) in [5.41, 5.74) is 2.48.